The van der Waals surface area contributed by atoms with E-state index in [1.807, 2.05) is 0 Å². The van der Waals surface area contributed by atoms with Crippen LogP contribution in [0.1, 0.15) is 0 Å². The van der Waals surface area contributed by atoms with E-state index in [1.165, 1.54) is 16.5 Å². The van der Waals surface area contributed by atoms with Crippen LogP contribution in [0.15, 0.2) is 0 Å². The first-order chi connectivity index (χ1) is 13.1. The third-order valence-electron chi connectivity index (χ3n) is 2.27. The first kappa shape index (κ1) is 30.2. The van der Waals surface area contributed by atoms with E-state index in [0.29, 0.717) is 52.9 Å². The molecule has 0 spiro atoms. The Morgan fingerprint density at radius 1 is 0.481 bits per heavy atom. The molecule has 0 aromatic rings. The molecule has 0 atom stereocenters. The summed E-state index contributed by atoms with van der Waals surface area (Å²) in [5.41, 5.74) is 0. The minimum absolute atomic E-state index is 0.653. The second-order valence-electron chi connectivity index (χ2n) is 4.17. The zero-order valence-electron chi connectivity index (χ0n) is 16.3. The van der Waals surface area contributed by atoms with Crippen LogP contribution in [0.3, 0.4) is 0 Å². The normalized spacial score (nSPS) is 9.78. The fourth-order valence-corrected chi connectivity index (χ4v) is 1.59. The summed E-state index contributed by atoms with van der Waals surface area (Å²) in [5.74, 6) is 0. The van der Waals surface area contributed by atoms with E-state index in [0.717, 1.165) is 0 Å². The molecule has 0 aromatic carbocycles. The van der Waals surface area contributed by atoms with Gasteiger partial charge in [0.25, 0.3) is 0 Å². The number of methoxy groups -OCH3 is 4. The molecule has 0 amide bonds. The van der Waals surface area contributed by atoms with Crippen molar-refractivity contribution >= 4 is 18.2 Å². The van der Waals surface area contributed by atoms with Crippen molar-refractivity contribution in [2.75, 3.05) is 81.3 Å². The van der Waals surface area contributed by atoms with Crippen molar-refractivity contribution in [3.8, 4) is 16.5 Å². The molecule has 0 saturated heterocycles. The van der Waals surface area contributed by atoms with Gasteiger partial charge >= 0.3 is 55.7 Å². The van der Waals surface area contributed by atoms with Crippen LogP contribution in [0.5, 0.6) is 0 Å². The predicted molar refractivity (Wildman–Crippen MR) is 97.3 cm³/mol. The van der Waals surface area contributed by atoms with E-state index in [1.54, 1.807) is 28.4 Å². The summed E-state index contributed by atoms with van der Waals surface area (Å²) in [4.78, 5) is 0. The fourth-order valence-electron chi connectivity index (χ4n) is 0.896. The number of hydrogen-bond acceptors (Lipinski definition) is 10. The number of nitriles is 4. The molecule has 0 aliphatic rings. The van der Waals surface area contributed by atoms with Crippen LogP contribution >= 0.6 is 0 Å². The number of hydrogen-bond donors (Lipinski definition) is 0. The van der Waals surface area contributed by atoms with Gasteiger partial charge in [0.1, 0.15) is 0 Å². The van der Waals surface area contributed by atoms with E-state index < -0.39 is 18.2 Å². The van der Waals surface area contributed by atoms with Crippen molar-refractivity contribution in [2.45, 2.75) is 0 Å². The molecule has 0 N–H and O–H groups in total. The summed E-state index contributed by atoms with van der Waals surface area (Å²) in [6.07, 6.45) is 0. The van der Waals surface area contributed by atoms with Gasteiger partial charge in [-0.2, -0.15) is 0 Å². The summed E-state index contributed by atoms with van der Waals surface area (Å²) < 4.78 is 35.0. The summed E-state index contributed by atoms with van der Waals surface area (Å²) in [7, 11) is 6.61. The molecule has 0 saturated carbocycles. The first-order valence-corrected chi connectivity index (χ1v) is 12.3. The van der Waals surface area contributed by atoms with Crippen molar-refractivity contribution in [1.29, 1.82) is 21.0 Å². The molecule has 27 heavy (non-hydrogen) atoms. The number of nitrogens with zero attached hydrogens (tertiary/aromatic N) is 4. The van der Waals surface area contributed by atoms with Gasteiger partial charge in [0.15, 0.2) is 0 Å². The van der Waals surface area contributed by atoms with Gasteiger partial charge < -0.3 is 28.4 Å². The average molecular weight is 500 g/mol. The van der Waals surface area contributed by atoms with Gasteiger partial charge in [0.05, 0.1) is 52.9 Å². The quantitative estimate of drug-likeness (QED) is 0.270. The molecule has 0 heterocycles. The zero-order chi connectivity index (χ0) is 21.2. The Morgan fingerprint density at radius 2 is 0.704 bits per heavy atom. The number of rotatable bonds is 12. The predicted octanol–water partition coefficient (Wildman–Crippen LogP) is 0.278. The molecule has 0 aromatic heterocycles. The van der Waals surface area contributed by atoms with Gasteiger partial charge in [-0.25, -0.2) is 0 Å². The molecule has 0 fully saturated rings. The van der Waals surface area contributed by atoms with E-state index >= 15 is 0 Å². The molecule has 154 valence electrons. The van der Waals surface area contributed by atoms with Crippen LogP contribution in [0.25, 0.3) is 0 Å². The van der Waals surface area contributed by atoms with Crippen molar-refractivity contribution in [3.05, 3.63) is 0 Å². The summed E-state index contributed by atoms with van der Waals surface area (Å²) in [6, 6.07) is 0. The maximum absolute atomic E-state index is 8.14. The van der Waals surface area contributed by atoms with Crippen molar-refractivity contribution in [3.63, 3.8) is 0 Å². The monoisotopic (exact) mass is 502 g/mol. The Balaban J connectivity index is -0.000000320. The van der Waals surface area contributed by atoms with E-state index in [9.17, 15) is 0 Å². The Labute approximate surface area is 165 Å². The molecule has 0 aliphatic carbocycles. The van der Waals surface area contributed by atoms with Crippen molar-refractivity contribution in [1.82, 2.24) is 0 Å². The Morgan fingerprint density at radius 3 is 0.815 bits per heavy atom. The SMILES string of the molecule is COCCOCCOC.COCCOCCOC.N#C[Te](C#N)(C#N)C#N. The van der Waals surface area contributed by atoms with E-state index in [-0.39, 0.29) is 0 Å². The summed E-state index contributed by atoms with van der Waals surface area (Å²) in [6.45, 7) is 5.24. The van der Waals surface area contributed by atoms with Gasteiger partial charge in [0, 0.05) is 28.4 Å². The van der Waals surface area contributed by atoms with E-state index in [2.05, 4.69) is 0 Å². The summed E-state index contributed by atoms with van der Waals surface area (Å²) >= 11 is -3.97. The van der Waals surface area contributed by atoms with Gasteiger partial charge in [0.2, 0.25) is 0 Å². The van der Waals surface area contributed by atoms with Gasteiger partial charge in [-0.05, 0) is 0 Å². The minimum atomic E-state index is -3.97. The average Bonchev–Trinajstić information content (AvgIpc) is 2.71. The molecule has 0 radical (unpaired) electrons. The topological polar surface area (TPSA) is 151 Å². The second kappa shape index (κ2) is 26.7. The molecular formula is C16H28N4O6Te. The Bertz CT molecular complexity index is 394. The van der Waals surface area contributed by atoms with Crippen LogP contribution < -0.4 is 0 Å². The summed E-state index contributed by atoms with van der Waals surface area (Å²) in [5, 5.41) is 32.6. The van der Waals surface area contributed by atoms with Crippen LogP contribution in [-0.2, 0) is 28.4 Å². The van der Waals surface area contributed by atoms with Crippen molar-refractivity contribution in [2.24, 2.45) is 0 Å². The third kappa shape index (κ3) is 24.5. The molecular weight excluding hydrogens is 472 g/mol. The third-order valence-corrected chi connectivity index (χ3v) is 5.40. The van der Waals surface area contributed by atoms with Gasteiger partial charge in [-0.3, -0.25) is 0 Å². The van der Waals surface area contributed by atoms with Crippen molar-refractivity contribution < 1.29 is 28.4 Å². The Hall–Kier alpha value is -1.49. The molecule has 0 bridgehead atoms. The van der Waals surface area contributed by atoms with E-state index in [4.69, 9.17) is 49.5 Å². The van der Waals surface area contributed by atoms with Crippen LogP contribution in [0, 0.1) is 37.5 Å². The van der Waals surface area contributed by atoms with Gasteiger partial charge in [-0.15, -0.1) is 0 Å². The molecule has 0 rings (SSSR count). The second-order valence-corrected chi connectivity index (χ2v) is 9.75. The molecule has 0 unspecified atom stereocenters. The standard InChI is InChI=1S/2C6H14O3.C4N4Te/c2*1-7-3-5-9-6-4-8-2;5-1-9(2-6,3-7)4-8/h2*3-6H2,1-2H3;. The fraction of sp³-hybridized carbons (Fsp3) is 0.750. The Kier molecular flexibility index (Phi) is 29.9. The van der Waals surface area contributed by atoms with Gasteiger partial charge in [-0.1, -0.05) is 0 Å². The molecule has 0 aliphatic heterocycles. The zero-order valence-corrected chi connectivity index (χ0v) is 18.6. The molecule has 11 heteroatoms. The van der Waals surface area contributed by atoms with Crippen LogP contribution in [-0.4, -0.2) is 99.5 Å². The maximum atomic E-state index is 8.14. The van der Waals surface area contributed by atoms with Crippen LogP contribution in [0.2, 0.25) is 0 Å². The first-order valence-electron chi connectivity index (χ1n) is 7.65. The van der Waals surface area contributed by atoms with Crippen LogP contribution in [0.4, 0.5) is 0 Å². The molecule has 10 nitrogen and oxygen atoms in total. The number of ether oxygens (including phenoxy) is 6.